The molecule has 0 bridgehead atoms. The van der Waals surface area contributed by atoms with Crippen molar-refractivity contribution < 1.29 is 81.0 Å². The molecule has 0 fully saturated rings. The summed E-state index contributed by atoms with van der Waals surface area (Å²) in [4.78, 5) is 25.9. The summed E-state index contributed by atoms with van der Waals surface area (Å²) in [5, 5.41) is 7.98. The molecule has 29 heavy (non-hydrogen) atoms. The summed E-state index contributed by atoms with van der Waals surface area (Å²) in [6.07, 6.45) is -15.2. The van der Waals surface area contributed by atoms with E-state index < -0.39 is 57.9 Å². The molecule has 19 heteroatoms. The molecule has 2 unspecified atom stereocenters. The van der Waals surface area contributed by atoms with Crippen LogP contribution in [0.2, 0.25) is 0 Å². The fraction of sp³-hybridized carbons (Fsp3) is 0.700. The van der Waals surface area contributed by atoms with Gasteiger partial charge in [0, 0.05) is 0 Å². The van der Waals surface area contributed by atoms with Gasteiger partial charge in [-0.05, 0) is 15.9 Å². The van der Waals surface area contributed by atoms with E-state index in [4.69, 9.17) is 5.11 Å². The molecule has 4 nitrogen and oxygen atoms in total. The Balaban J connectivity index is 7.09. The molecule has 0 spiro atoms. The van der Waals surface area contributed by atoms with Crippen molar-refractivity contribution in [2.75, 3.05) is 0 Å². The Kier molecular flexibility index (Phi) is 6.53. The van der Waals surface area contributed by atoms with Crippen LogP contribution in [0.4, 0.5) is 61.5 Å². The van der Waals surface area contributed by atoms with Crippen LogP contribution in [-0.4, -0.2) is 63.0 Å². The van der Waals surface area contributed by atoms with E-state index in [-0.39, 0.29) is 0 Å². The molecule has 0 heterocycles. The molecule has 0 aromatic rings. The van der Waals surface area contributed by atoms with E-state index in [1.54, 1.807) is 0 Å². The third kappa shape index (κ3) is 3.76. The van der Waals surface area contributed by atoms with Crippen LogP contribution in [0.5, 0.6) is 0 Å². The highest BCUT2D eigenvalue weighted by Crippen LogP contribution is 2.54. The van der Waals surface area contributed by atoms with Crippen LogP contribution in [0.1, 0.15) is 0 Å². The SMILES string of the molecule is O=C(O)C(F)(C(=O)C(F)(F)C(F)(C(=O)C(F)(F)C(F)(F)Br)C(F)(F)F)C(F)(F)F. The maximum Gasteiger partial charge on any atom is 0.441 e. The lowest BCUT2D eigenvalue weighted by molar-refractivity contribution is -0.300. The molecule has 0 amide bonds. The number of hydrogen-bond donors (Lipinski definition) is 1. The maximum absolute atomic E-state index is 13.9. The Morgan fingerprint density at radius 1 is 0.586 bits per heavy atom. The molecular weight excluding hydrogens is 530 g/mol. The Hall–Kier alpha value is -1.69. The van der Waals surface area contributed by atoms with E-state index in [0.717, 1.165) is 0 Å². The van der Waals surface area contributed by atoms with Crippen molar-refractivity contribution in [3.8, 4) is 0 Å². The molecule has 1 N–H and O–H groups in total. The quantitative estimate of drug-likeness (QED) is 0.307. The van der Waals surface area contributed by atoms with Crippen LogP contribution >= 0.6 is 15.9 Å². The summed E-state index contributed by atoms with van der Waals surface area (Å²) in [5.74, 6) is -29.8. The zero-order valence-electron chi connectivity index (χ0n) is 12.3. The van der Waals surface area contributed by atoms with E-state index >= 15 is 0 Å². The van der Waals surface area contributed by atoms with Crippen LogP contribution in [0.3, 0.4) is 0 Å². The minimum absolute atomic E-state index is 0.542. The predicted molar refractivity (Wildman–Crippen MR) is 61.2 cm³/mol. The second kappa shape index (κ2) is 6.93. The van der Waals surface area contributed by atoms with Crippen molar-refractivity contribution in [2.24, 2.45) is 0 Å². The summed E-state index contributed by atoms with van der Waals surface area (Å²) in [6.45, 7) is 0. The van der Waals surface area contributed by atoms with Gasteiger partial charge in [-0.3, -0.25) is 9.59 Å². The fourth-order valence-corrected chi connectivity index (χ4v) is 1.69. The maximum atomic E-state index is 13.9. The van der Waals surface area contributed by atoms with Gasteiger partial charge in [-0.1, -0.05) is 0 Å². The summed E-state index contributed by atoms with van der Waals surface area (Å²) in [5.41, 5.74) is -15.0. The molecule has 0 aromatic heterocycles. The van der Waals surface area contributed by atoms with Gasteiger partial charge in [0.05, 0.1) is 0 Å². The van der Waals surface area contributed by atoms with Crippen molar-refractivity contribution in [1.29, 1.82) is 0 Å². The molecule has 0 saturated heterocycles. The number of carboxylic acid groups (broad SMARTS) is 1. The van der Waals surface area contributed by atoms with Crippen molar-refractivity contribution in [1.82, 2.24) is 0 Å². The first kappa shape index (κ1) is 27.3. The van der Waals surface area contributed by atoms with Gasteiger partial charge < -0.3 is 5.11 Å². The van der Waals surface area contributed by atoms with Crippen molar-refractivity contribution in [3.05, 3.63) is 0 Å². The monoisotopic (exact) mass is 530 g/mol. The number of ketones is 2. The van der Waals surface area contributed by atoms with E-state index in [1.807, 2.05) is 0 Å². The number of carbonyl (C=O) groups excluding carboxylic acids is 2. The number of alkyl halides is 15. The van der Waals surface area contributed by atoms with Crippen LogP contribution in [0.15, 0.2) is 0 Å². The van der Waals surface area contributed by atoms with Crippen LogP contribution in [0, 0.1) is 0 Å². The van der Waals surface area contributed by atoms with Gasteiger partial charge in [0.1, 0.15) is 0 Å². The average molecular weight is 531 g/mol. The molecule has 0 aliphatic rings. The standard InChI is InChI=1S/C10HBrF14O4/c11-8(18,19)7(16,17)2(27)5(13,10(23,24)25)6(14,15)1(26)4(12,3(28)29)9(20,21)22/h(H,28,29). The predicted octanol–water partition coefficient (Wildman–Crippen LogP) is 4.01. The minimum atomic E-state index is -7.92. The Morgan fingerprint density at radius 2 is 0.931 bits per heavy atom. The number of halogens is 15. The van der Waals surface area contributed by atoms with Crippen molar-refractivity contribution >= 4 is 33.5 Å². The third-order valence-electron chi connectivity index (χ3n) is 3.06. The molecule has 0 aliphatic heterocycles. The summed E-state index contributed by atoms with van der Waals surface area (Å²) >= 11 is 0.542. The smallest absolute Gasteiger partial charge is 0.441 e. The number of Topliss-reactive ketones (excluding diaryl/α,β-unsaturated/α-hetero) is 2. The molecule has 170 valence electrons. The second-order valence-electron chi connectivity index (χ2n) is 4.92. The van der Waals surface area contributed by atoms with Crippen molar-refractivity contribution in [3.63, 3.8) is 0 Å². The van der Waals surface area contributed by atoms with Gasteiger partial charge in [-0.2, -0.15) is 52.7 Å². The normalized spacial score (nSPS) is 18.6. The molecule has 0 saturated carbocycles. The molecular formula is C10HBrF14O4. The largest absolute Gasteiger partial charge is 0.478 e. The second-order valence-corrected chi connectivity index (χ2v) is 5.92. The van der Waals surface area contributed by atoms with Crippen LogP contribution in [0.25, 0.3) is 0 Å². The molecule has 0 aliphatic carbocycles. The van der Waals surface area contributed by atoms with Gasteiger partial charge in [0.15, 0.2) is 0 Å². The first-order chi connectivity index (χ1) is 12.3. The average Bonchev–Trinajstić information content (AvgIpc) is 2.47. The zero-order chi connectivity index (χ0) is 24.2. The van der Waals surface area contributed by atoms with Gasteiger partial charge in [-0.15, -0.1) is 0 Å². The fourth-order valence-electron chi connectivity index (χ4n) is 1.51. The highest BCUT2D eigenvalue weighted by Gasteiger charge is 2.88. The van der Waals surface area contributed by atoms with Gasteiger partial charge in [0.25, 0.3) is 11.6 Å². The number of hydrogen-bond acceptors (Lipinski definition) is 3. The number of aliphatic carboxylic acids is 1. The van der Waals surface area contributed by atoms with Gasteiger partial charge in [-0.25, -0.2) is 13.6 Å². The van der Waals surface area contributed by atoms with E-state index in [9.17, 15) is 75.8 Å². The first-order valence-electron chi connectivity index (χ1n) is 5.92. The van der Waals surface area contributed by atoms with E-state index in [0.29, 0.717) is 15.9 Å². The highest BCUT2D eigenvalue weighted by atomic mass is 79.9. The lowest BCUT2D eigenvalue weighted by Gasteiger charge is -2.37. The van der Waals surface area contributed by atoms with E-state index in [2.05, 4.69) is 0 Å². The first-order valence-corrected chi connectivity index (χ1v) is 6.71. The number of carboxylic acids is 1. The van der Waals surface area contributed by atoms with Gasteiger partial charge in [0.2, 0.25) is 0 Å². The van der Waals surface area contributed by atoms with Crippen LogP contribution in [-0.2, 0) is 14.4 Å². The Morgan fingerprint density at radius 3 is 1.14 bits per heavy atom. The Labute approximate surface area is 155 Å². The van der Waals surface area contributed by atoms with E-state index in [1.165, 1.54) is 0 Å². The van der Waals surface area contributed by atoms with Gasteiger partial charge >= 0.3 is 46.3 Å². The topological polar surface area (TPSA) is 71.4 Å². The number of carbonyl (C=O) groups is 3. The lowest BCUT2D eigenvalue weighted by Crippen LogP contribution is -2.73. The molecule has 0 aromatic carbocycles. The molecule has 0 radical (unpaired) electrons. The zero-order valence-corrected chi connectivity index (χ0v) is 13.9. The summed E-state index contributed by atoms with van der Waals surface area (Å²) < 4.78 is 181. The highest BCUT2D eigenvalue weighted by molar-refractivity contribution is 9.10. The summed E-state index contributed by atoms with van der Waals surface area (Å²) in [6, 6.07) is 0. The lowest BCUT2D eigenvalue weighted by atomic mass is 9.81. The molecule has 2 atom stereocenters. The minimum Gasteiger partial charge on any atom is -0.478 e. The summed E-state index contributed by atoms with van der Waals surface area (Å²) in [7, 11) is 0. The molecule has 0 rings (SSSR count). The Bertz CT molecular complexity index is 707. The number of rotatable bonds is 7. The van der Waals surface area contributed by atoms with Crippen molar-refractivity contribution in [2.45, 2.75) is 40.4 Å². The third-order valence-corrected chi connectivity index (χ3v) is 3.56. The van der Waals surface area contributed by atoms with Crippen LogP contribution < -0.4 is 0 Å².